The highest BCUT2D eigenvalue weighted by molar-refractivity contribution is 6.33. The van der Waals surface area contributed by atoms with Crippen LogP contribution in [0.4, 0.5) is 0 Å². The fourth-order valence-corrected chi connectivity index (χ4v) is 6.75. The van der Waals surface area contributed by atoms with Crippen molar-refractivity contribution >= 4 is 45.1 Å². The van der Waals surface area contributed by atoms with Gasteiger partial charge in [0.2, 0.25) is 0 Å². The Kier molecular flexibility index (Phi) is 9.40. The molecule has 2 aromatic heterocycles. The van der Waals surface area contributed by atoms with E-state index in [1.54, 1.807) is 11.2 Å². The van der Waals surface area contributed by atoms with Crippen molar-refractivity contribution in [2.75, 3.05) is 26.2 Å². The number of rotatable bonds is 10. The SMILES string of the molecule is Cc1ccc2[nH]c(C(=O)OCC(C)C)c(/C(N)=C/N(N)CC3CCN(Cc4ccc(-c5cccc6[nH]ccc56)c(Cl)c4)CC3)c2c1. The van der Waals surface area contributed by atoms with Gasteiger partial charge in [0.15, 0.2) is 0 Å². The Morgan fingerprint density at radius 2 is 1.87 bits per heavy atom. The molecule has 5 aromatic rings. The summed E-state index contributed by atoms with van der Waals surface area (Å²) < 4.78 is 5.55. The summed E-state index contributed by atoms with van der Waals surface area (Å²) in [5, 5.41) is 4.48. The Morgan fingerprint density at radius 3 is 2.63 bits per heavy atom. The van der Waals surface area contributed by atoms with Gasteiger partial charge in [-0.1, -0.05) is 61.3 Å². The molecule has 0 saturated carbocycles. The van der Waals surface area contributed by atoms with Crippen LogP contribution < -0.4 is 11.6 Å². The van der Waals surface area contributed by atoms with Gasteiger partial charge in [0.25, 0.3) is 0 Å². The van der Waals surface area contributed by atoms with Gasteiger partial charge in [-0.25, -0.2) is 10.6 Å². The van der Waals surface area contributed by atoms with Crippen LogP contribution in [0.15, 0.2) is 73.1 Å². The third-order valence-electron chi connectivity index (χ3n) is 8.80. The van der Waals surface area contributed by atoms with Crippen molar-refractivity contribution in [3.05, 3.63) is 100 Å². The molecule has 1 saturated heterocycles. The van der Waals surface area contributed by atoms with E-state index < -0.39 is 5.97 Å². The van der Waals surface area contributed by atoms with Gasteiger partial charge in [-0.15, -0.1) is 0 Å². The number of halogens is 1. The average molecular weight is 639 g/mol. The van der Waals surface area contributed by atoms with E-state index in [-0.39, 0.29) is 5.92 Å². The third kappa shape index (κ3) is 6.94. The summed E-state index contributed by atoms with van der Waals surface area (Å²) in [6.07, 6.45) is 5.76. The van der Waals surface area contributed by atoms with Crippen molar-refractivity contribution in [3.63, 3.8) is 0 Å². The number of carbonyl (C=O) groups excluding carboxylic acids is 1. The number of esters is 1. The molecule has 1 fully saturated rings. The van der Waals surface area contributed by atoms with Gasteiger partial charge in [0, 0.05) is 63.4 Å². The first kappa shape index (κ1) is 31.7. The molecule has 9 heteroatoms. The maximum Gasteiger partial charge on any atom is 0.355 e. The topological polar surface area (TPSA) is 116 Å². The number of nitrogens with two attached hydrogens (primary N) is 2. The summed E-state index contributed by atoms with van der Waals surface area (Å²) in [5.74, 6) is 6.74. The van der Waals surface area contributed by atoms with E-state index >= 15 is 0 Å². The number of likely N-dealkylation sites (tertiary alicyclic amines) is 1. The first-order chi connectivity index (χ1) is 22.2. The number of fused-ring (bicyclic) bond motifs is 2. The van der Waals surface area contributed by atoms with E-state index in [2.05, 4.69) is 57.3 Å². The minimum absolute atomic E-state index is 0.229. The number of hydrogen-bond donors (Lipinski definition) is 4. The quantitative estimate of drug-likeness (QED) is 0.0718. The first-order valence-corrected chi connectivity index (χ1v) is 16.4. The summed E-state index contributed by atoms with van der Waals surface area (Å²) in [7, 11) is 0. The van der Waals surface area contributed by atoms with Gasteiger partial charge in [-0.2, -0.15) is 0 Å². The molecule has 0 bridgehead atoms. The lowest BCUT2D eigenvalue weighted by molar-refractivity contribution is 0.0452. The van der Waals surface area contributed by atoms with E-state index in [1.807, 2.05) is 45.2 Å². The van der Waals surface area contributed by atoms with Crippen LogP contribution in [-0.4, -0.2) is 52.1 Å². The van der Waals surface area contributed by atoms with E-state index in [1.165, 1.54) is 10.9 Å². The van der Waals surface area contributed by atoms with E-state index in [0.717, 1.165) is 70.6 Å². The number of aryl methyl sites for hydroxylation is 1. The normalized spacial score (nSPS) is 14.9. The summed E-state index contributed by atoms with van der Waals surface area (Å²) in [6.45, 7) is 9.86. The molecule has 0 unspecified atom stereocenters. The predicted octanol–water partition coefficient (Wildman–Crippen LogP) is 7.44. The molecule has 240 valence electrons. The van der Waals surface area contributed by atoms with E-state index in [0.29, 0.717) is 36.0 Å². The summed E-state index contributed by atoms with van der Waals surface area (Å²) in [4.78, 5) is 22.0. The minimum atomic E-state index is -0.418. The molecule has 3 heterocycles. The van der Waals surface area contributed by atoms with Crippen LogP contribution in [0, 0.1) is 18.8 Å². The number of hydrazine groups is 1. The molecular weight excluding hydrogens is 596 g/mol. The molecule has 1 aliphatic rings. The smallest absolute Gasteiger partial charge is 0.355 e. The highest BCUT2D eigenvalue weighted by Gasteiger charge is 2.24. The number of benzene rings is 3. The number of ether oxygens (including phenoxy) is 1. The summed E-state index contributed by atoms with van der Waals surface area (Å²) in [5.41, 5.74) is 14.5. The molecule has 1 aliphatic heterocycles. The third-order valence-corrected chi connectivity index (χ3v) is 9.11. The number of hydrogen-bond acceptors (Lipinski definition) is 6. The standard InChI is InChI=1S/C37H43ClN6O2/c1-23(2)22-46-37(45)36-35(30-17-24(3)7-10-34(30)42-36)32(39)21-44(40)20-25-12-15-43(16-13-25)19-26-8-9-28(31(38)18-26)27-5-4-6-33-29(27)11-14-41-33/h4-11,14,17-18,21,23,25,41-42H,12-13,15-16,19-20,22,39-40H2,1-3H3/b32-21-. The van der Waals surface area contributed by atoms with Gasteiger partial charge in [0.1, 0.15) is 5.69 Å². The van der Waals surface area contributed by atoms with Gasteiger partial charge >= 0.3 is 5.97 Å². The van der Waals surface area contributed by atoms with Crippen molar-refractivity contribution in [1.82, 2.24) is 19.9 Å². The molecule has 6 rings (SSSR count). The minimum Gasteiger partial charge on any atom is -0.461 e. The first-order valence-electron chi connectivity index (χ1n) is 16.0. The fraction of sp³-hybridized carbons (Fsp3) is 0.324. The van der Waals surface area contributed by atoms with Crippen LogP contribution in [0.25, 0.3) is 38.6 Å². The van der Waals surface area contributed by atoms with Crippen LogP contribution in [0.3, 0.4) is 0 Å². The zero-order valence-corrected chi connectivity index (χ0v) is 27.5. The van der Waals surface area contributed by atoms with Crippen LogP contribution in [0.5, 0.6) is 0 Å². The van der Waals surface area contributed by atoms with Crippen molar-refractivity contribution < 1.29 is 9.53 Å². The monoisotopic (exact) mass is 638 g/mol. The average Bonchev–Trinajstić information content (AvgIpc) is 3.66. The Bertz CT molecular complexity index is 1880. The van der Waals surface area contributed by atoms with Crippen molar-refractivity contribution in [3.8, 4) is 11.1 Å². The lowest BCUT2D eigenvalue weighted by Gasteiger charge is -2.33. The highest BCUT2D eigenvalue weighted by atomic mass is 35.5. The molecule has 6 N–H and O–H groups in total. The molecule has 8 nitrogen and oxygen atoms in total. The molecule has 0 aliphatic carbocycles. The van der Waals surface area contributed by atoms with Gasteiger partial charge in [-0.05, 0) is 86.1 Å². The highest BCUT2D eigenvalue weighted by Crippen LogP contribution is 2.34. The largest absolute Gasteiger partial charge is 0.461 e. The second-order valence-electron chi connectivity index (χ2n) is 13.0. The zero-order chi connectivity index (χ0) is 32.4. The van der Waals surface area contributed by atoms with Crippen molar-refractivity contribution in [1.29, 1.82) is 0 Å². The van der Waals surface area contributed by atoms with Crippen LogP contribution in [-0.2, 0) is 11.3 Å². The number of piperidine rings is 1. The number of nitrogens with one attached hydrogen (secondary N) is 2. The Hall–Kier alpha value is -4.24. The molecule has 0 spiro atoms. The predicted molar refractivity (Wildman–Crippen MR) is 188 cm³/mol. The number of aromatic nitrogens is 2. The van der Waals surface area contributed by atoms with Crippen LogP contribution >= 0.6 is 11.6 Å². The number of carbonyl (C=O) groups is 1. The molecule has 0 amide bonds. The van der Waals surface area contributed by atoms with Crippen molar-refractivity contribution in [2.24, 2.45) is 23.4 Å². The lowest BCUT2D eigenvalue weighted by Crippen LogP contribution is -2.39. The Labute approximate surface area is 275 Å². The van der Waals surface area contributed by atoms with E-state index in [4.69, 9.17) is 27.9 Å². The molecule has 3 aromatic carbocycles. The summed E-state index contributed by atoms with van der Waals surface area (Å²) in [6, 6.07) is 20.8. The van der Waals surface area contributed by atoms with E-state index in [9.17, 15) is 4.79 Å². The Morgan fingerprint density at radius 1 is 1.07 bits per heavy atom. The summed E-state index contributed by atoms with van der Waals surface area (Å²) >= 11 is 6.81. The number of H-pyrrole nitrogens is 2. The molecule has 46 heavy (non-hydrogen) atoms. The number of nitrogens with zero attached hydrogens (tertiary/aromatic N) is 2. The number of aromatic amines is 2. The lowest BCUT2D eigenvalue weighted by atomic mass is 9.96. The Balaban J connectivity index is 1.08. The van der Waals surface area contributed by atoms with Gasteiger partial charge < -0.3 is 25.4 Å². The molecule has 0 radical (unpaired) electrons. The second-order valence-corrected chi connectivity index (χ2v) is 13.4. The second kappa shape index (κ2) is 13.6. The van der Waals surface area contributed by atoms with Gasteiger partial charge in [-0.3, -0.25) is 4.90 Å². The fourth-order valence-electron chi connectivity index (χ4n) is 6.45. The molecule has 0 atom stereocenters. The van der Waals surface area contributed by atoms with Crippen LogP contribution in [0.1, 0.15) is 53.9 Å². The maximum atomic E-state index is 13.0. The molecular formula is C37H43ClN6O2. The van der Waals surface area contributed by atoms with Crippen LogP contribution in [0.2, 0.25) is 5.02 Å². The maximum absolute atomic E-state index is 13.0. The van der Waals surface area contributed by atoms with Crippen molar-refractivity contribution in [2.45, 2.75) is 40.2 Å². The zero-order valence-electron chi connectivity index (χ0n) is 26.8. The van der Waals surface area contributed by atoms with Gasteiger partial charge in [0.05, 0.1) is 12.3 Å².